The number of H-pyrrole nitrogens is 1. The van der Waals surface area contributed by atoms with Crippen molar-refractivity contribution in [3.8, 4) is 0 Å². The van der Waals surface area contributed by atoms with E-state index in [1.54, 1.807) is 12.3 Å². The summed E-state index contributed by atoms with van der Waals surface area (Å²) in [5.41, 5.74) is 2.51. The number of anilines is 1. The molecular formula is C15H13BrFN5. The first-order valence-electron chi connectivity index (χ1n) is 7.02. The maximum atomic E-state index is 14.0. The Bertz CT molecular complexity index is 876. The van der Waals surface area contributed by atoms with Gasteiger partial charge in [0.1, 0.15) is 17.5 Å². The van der Waals surface area contributed by atoms with Crippen molar-refractivity contribution >= 4 is 32.8 Å². The minimum absolute atomic E-state index is 0.134. The van der Waals surface area contributed by atoms with Crippen molar-refractivity contribution in [3.63, 3.8) is 0 Å². The molecule has 0 radical (unpaired) electrons. The van der Waals surface area contributed by atoms with Gasteiger partial charge < -0.3 is 4.90 Å². The number of hydrogen-bond donors (Lipinski definition) is 1. The monoisotopic (exact) mass is 361 g/mol. The van der Waals surface area contributed by atoms with E-state index in [1.807, 2.05) is 6.92 Å². The van der Waals surface area contributed by atoms with E-state index in [1.165, 1.54) is 6.07 Å². The van der Waals surface area contributed by atoms with Crippen molar-refractivity contribution in [1.82, 2.24) is 20.2 Å². The first-order chi connectivity index (χ1) is 10.6. The van der Waals surface area contributed by atoms with Gasteiger partial charge in [0.05, 0.1) is 11.6 Å². The number of benzene rings is 1. The number of fused-ring (bicyclic) bond motifs is 2. The van der Waals surface area contributed by atoms with E-state index >= 15 is 0 Å². The number of hydrogen-bond acceptors (Lipinski definition) is 4. The Balaban J connectivity index is 1.81. The molecule has 5 nitrogen and oxygen atoms in total. The molecule has 0 atom stereocenters. The number of aromatic amines is 1. The van der Waals surface area contributed by atoms with Crippen LogP contribution in [0.2, 0.25) is 0 Å². The van der Waals surface area contributed by atoms with E-state index < -0.39 is 0 Å². The van der Waals surface area contributed by atoms with Gasteiger partial charge >= 0.3 is 0 Å². The smallest absolute Gasteiger partial charge is 0.161 e. The molecule has 0 aliphatic carbocycles. The number of halogens is 2. The predicted octanol–water partition coefficient (Wildman–Crippen LogP) is 3.13. The fourth-order valence-electron chi connectivity index (χ4n) is 2.94. The van der Waals surface area contributed by atoms with Gasteiger partial charge in [0.2, 0.25) is 0 Å². The van der Waals surface area contributed by atoms with Crippen LogP contribution in [0, 0.1) is 12.7 Å². The van der Waals surface area contributed by atoms with E-state index in [0.717, 1.165) is 39.0 Å². The normalized spacial score (nSPS) is 14.4. The number of nitrogens with zero attached hydrogens (tertiary/aromatic N) is 4. The van der Waals surface area contributed by atoms with Crippen LogP contribution in [-0.2, 0) is 13.0 Å². The van der Waals surface area contributed by atoms with Crippen molar-refractivity contribution in [2.24, 2.45) is 0 Å². The molecule has 22 heavy (non-hydrogen) atoms. The third kappa shape index (κ3) is 2.08. The van der Waals surface area contributed by atoms with Crippen LogP contribution < -0.4 is 4.90 Å². The van der Waals surface area contributed by atoms with Crippen molar-refractivity contribution in [2.75, 3.05) is 11.4 Å². The third-order valence-corrected chi connectivity index (χ3v) is 4.74. The van der Waals surface area contributed by atoms with Crippen LogP contribution in [-0.4, -0.2) is 26.7 Å². The van der Waals surface area contributed by atoms with Gasteiger partial charge in [0.15, 0.2) is 5.65 Å². The topological polar surface area (TPSA) is 57.7 Å². The molecule has 1 N–H and O–H groups in total. The van der Waals surface area contributed by atoms with E-state index in [9.17, 15) is 4.39 Å². The second-order valence-electron chi connectivity index (χ2n) is 5.38. The average Bonchev–Trinajstić information content (AvgIpc) is 2.98. The summed E-state index contributed by atoms with van der Waals surface area (Å²) in [6, 6.07) is 3.28. The van der Waals surface area contributed by atoms with Gasteiger partial charge in [-0.15, -0.1) is 0 Å². The van der Waals surface area contributed by atoms with E-state index in [4.69, 9.17) is 0 Å². The summed E-state index contributed by atoms with van der Waals surface area (Å²) in [4.78, 5) is 11.1. The Hall–Kier alpha value is -2.02. The molecule has 0 fully saturated rings. The van der Waals surface area contributed by atoms with Crippen molar-refractivity contribution in [2.45, 2.75) is 19.9 Å². The molecule has 4 rings (SSSR count). The van der Waals surface area contributed by atoms with Crippen LogP contribution in [0.4, 0.5) is 10.2 Å². The van der Waals surface area contributed by atoms with Crippen molar-refractivity contribution in [3.05, 3.63) is 45.6 Å². The molecule has 7 heteroatoms. The van der Waals surface area contributed by atoms with Crippen LogP contribution in [0.25, 0.3) is 11.0 Å². The molecular weight excluding hydrogens is 349 g/mol. The minimum Gasteiger partial charge on any atom is -0.351 e. The summed E-state index contributed by atoms with van der Waals surface area (Å²) in [5, 5.41) is 7.82. The van der Waals surface area contributed by atoms with Gasteiger partial charge in [0.25, 0.3) is 0 Å². The van der Waals surface area contributed by atoms with Crippen LogP contribution in [0.1, 0.15) is 17.0 Å². The number of aromatic nitrogens is 4. The quantitative estimate of drug-likeness (QED) is 0.723. The summed E-state index contributed by atoms with van der Waals surface area (Å²) in [6.45, 7) is 3.19. The zero-order valence-corrected chi connectivity index (χ0v) is 13.5. The highest BCUT2D eigenvalue weighted by molar-refractivity contribution is 9.10. The first-order valence-corrected chi connectivity index (χ1v) is 7.81. The molecule has 0 saturated carbocycles. The van der Waals surface area contributed by atoms with Crippen molar-refractivity contribution in [1.29, 1.82) is 0 Å². The van der Waals surface area contributed by atoms with E-state index in [2.05, 4.69) is 41.0 Å². The molecule has 0 saturated heterocycles. The molecule has 0 bridgehead atoms. The summed E-state index contributed by atoms with van der Waals surface area (Å²) < 4.78 is 14.9. The lowest BCUT2D eigenvalue weighted by molar-refractivity contribution is 0.588. The van der Waals surface area contributed by atoms with Gasteiger partial charge in [-0.3, -0.25) is 5.10 Å². The maximum absolute atomic E-state index is 14.0. The van der Waals surface area contributed by atoms with Gasteiger partial charge in [-0.2, -0.15) is 5.10 Å². The van der Waals surface area contributed by atoms with Gasteiger partial charge in [-0.1, -0.05) is 15.9 Å². The molecule has 0 amide bonds. The standard InChI is InChI=1S/C15H13BrFN5/c1-8-19-14-10(6-18-21-14)15(20-8)22-5-4-9-11(7-22)12(16)2-3-13(9)17/h2-3,6H,4-5,7H2,1H3,(H,18,19,20,21). The van der Waals surface area contributed by atoms with E-state index in [-0.39, 0.29) is 5.82 Å². The highest BCUT2D eigenvalue weighted by atomic mass is 79.9. The molecule has 112 valence electrons. The van der Waals surface area contributed by atoms with Crippen molar-refractivity contribution < 1.29 is 4.39 Å². The first kappa shape index (κ1) is 13.6. The molecule has 3 aromatic rings. The fourth-order valence-corrected chi connectivity index (χ4v) is 3.44. The van der Waals surface area contributed by atoms with Gasteiger partial charge in [0, 0.05) is 17.6 Å². The zero-order chi connectivity index (χ0) is 15.3. The fraction of sp³-hybridized carbons (Fsp3) is 0.267. The van der Waals surface area contributed by atoms with Gasteiger partial charge in [-0.25, -0.2) is 14.4 Å². The third-order valence-electron chi connectivity index (χ3n) is 4.00. The number of rotatable bonds is 1. The summed E-state index contributed by atoms with van der Waals surface area (Å²) in [7, 11) is 0. The number of nitrogens with one attached hydrogen (secondary N) is 1. The predicted molar refractivity (Wildman–Crippen MR) is 85.3 cm³/mol. The van der Waals surface area contributed by atoms with Crippen LogP contribution in [0.3, 0.4) is 0 Å². The van der Waals surface area contributed by atoms with Gasteiger partial charge in [-0.05, 0) is 36.6 Å². The second kappa shape index (κ2) is 5.01. The lowest BCUT2D eigenvalue weighted by Gasteiger charge is -2.31. The van der Waals surface area contributed by atoms with Crippen LogP contribution in [0.5, 0.6) is 0 Å². The Morgan fingerprint density at radius 1 is 1.27 bits per heavy atom. The maximum Gasteiger partial charge on any atom is 0.161 e. The Labute approximate surface area is 134 Å². The Kier molecular flexibility index (Phi) is 3.11. The molecule has 1 aliphatic rings. The molecule has 3 heterocycles. The lowest BCUT2D eigenvalue weighted by atomic mass is 9.99. The molecule has 1 aliphatic heterocycles. The summed E-state index contributed by atoms with van der Waals surface area (Å²) in [5.74, 6) is 1.40. The minimum atomic E-state index is -0.134. The summed E-state index contributed by atoms with van der Waals surface area (Å²) in [6.07, 6.45) is 2.39. The molecule has 0 spiro atoms. The SMILES string of the molecule is Cc1nc(N2CCc3c(F)ccc(Br)c3C2)c2cn[nH]c2n1. The Morgan fingerprint density at radius 2 is 2.14 bits per heavy atom. The van der Waals surface area contributed by atoms with Crippen LogP contribution in [0.15, 0.2) is 22.8 Å². The second-order valence-corrected chi connectivity index (χ2v) is 6.24. The number of aryl methyl sites for hydroxylation is 1. The molecule has 1 aromatic carbocycles. The zero-order valence-electron chi connectivity index (χ0n) is 11.9. The highest BCUT2D eigenvalue weighted by Gasteiger charge is 2.24. The van der Waals surface area contributed by atoms with Crippen LogP contribution >= 0.6 is 15.9 Å². The Morgan fingerprint density at radius 3 is 3.00 bits per heavy atom. The molecule has 2 aromatic heterocycles. The summed E-state index contributed by atoms with van der Waals surface area (Å²) >= 11 is 3.53. The van der Waals surface area contributed by atoms with E-state index in [0.29, 0.717) is 18.8 Å². The highest BCUT2D eigenvalue weighted by Crippen LogP contribution is 2.32. The lowest BCUT2D eigenvalue weighted by Crippen LogP contribution is -2.32. The average molecular weight is 362 g/mol. The molecule has 0 unspecified atom stereocenters. The largest absolute Gasteiger partial charge is 0.351 e.